The second-order valence-corrected chi connectivity index (χ2v) is 6.83. The monoisotopic (exact) mass is 250 g/mol. The lowest BCUT2D eigenvalue weighted by atomic mass is 9.85. The highest BCUT2D eigenvalue weighted by Crippen LogP contribution is 2.33. The first-order valence-corrected chi connectivity index (χ1v) is 7.48. The SMILES string of the molecule is O=S(=O)(O)CC(O)C[N+]12CCC(CC1)CC2. The van der Waals surface area contributed by atoms with Gasteiger partial charge in [0, 0.05) is 0 Å². The molecule has 1 unspecified atom stereocenters. The van der Waals surface area contributed by atoms with Crippen molar-refractivity contribution in [1.82, 2.24) is 0 Å². The average molecular weight is 250 g/mol. The number of hydrogen-bond donors (Lipinski definition) is 2. The van der Waals surface area contributed by atoms with E-state index in [1.54, 1.807) is 0 Å². The largest absolute Gasteiger partial charge is 0.386 e. The van der Waals surface area contributed by atoms with E-state index in [0.717, 1.165) is 30.0 Å². The van der Waals surface area contributed by atoms with E-state index < -0.39 is 22.0 Å². The summed E-state index contributed by atoms with van der Waals surface area (Å²) in [6.07, 6.45) is 2.64. The predicted octanol–water partition coefficient (Wildman–Crippen LogP) is -0.134. The van der Waals surface area contributed by atoms with E-state index in [0.29, 0.717) is 6.54 Å². The van der Waals surface area contributed by atoms with Crippen molar-refractivity contribution in [2.75, 3.05) is 31.9 Å². The van der Waals surface area contributed by atoms with E-state index in [4.69, 9.17) is 4.55 Å². The second-order valence-electron chi connectivity index (χ2n) is 5.33. The maximum atomic E-state index is 10.7. The fourth-order valence-electron chi connectivity index (χ4n) is 3.15. The van der Waals surface area contributed by atoms with Crippen LogP contribution in [0.1, 0.15) is 19.3 Å². The van der Waals surface area contributed by atoms with Gasteiger partial charge in [-0.1, -0.05) is 0 Å². The van der Waals surface area contributed by atoms with Crippen molar-refractivity contribution in [2.45, 2.75) is 25.4 Å². The molecule has 5 nitrogen and oxygen atoms in total. The highest BCUT2D eigenvalue weighted by Gasteiger charge is 2.41. The number of hydrogen-bond acceptors (Lipinski definition) is 3. The number of rotatable bonds is 4. The van der Waals surface area contributed by atoms with Crippen LogP contribution in [-0.2, 0) is 10.1 Å². The van der Waals surface area contributed by atoms with Gasteiger partial charge in [-0.3, -0.25) is 4.55 Å². The molecule has 0 aromatic heterocycles. The number of aliphatic hydroxyl groups excluding tert-OH is 1. The summed E-state index contributed by atoms with van der Waals surface area (Å²) in [7, 11) is -4.06. The summed E-state index contributed by atoms with van der Waals surface area (Å²) < 4.78 is 30.9. The first-order chi connectivity index (χ1) is 7.39. The molecular weight excluding hydrogens is 230 g/mol. The van der Waals surface area contributed by atoms with Gasteiger partial charge in [-0.15, -0.1) is 0 Å². The minimum Gasteiger partial charge on any atom is -0.386 e. The summed E-state index contributed by atoms with van der Waals surface area (Å²) in [6.45, 7) is 3.61. The van der Waals surface area contributed by atoms with Crippen LogP contribution < -0.4 is 0 Å². The fourth-order valence-corrected chi connectivity index (χ4v) is 3.75. The fraction of sp³-hybridized carbons (Fsp3) is 1.00. The second kappa shape index (κ2) is 4.25. The molecule has 3 rings (SSSR count). The first kappa shape index (κ1) is 12.3. The van der Waals surface area contributed by atoms with Gasteiger partial charge < -0.3 is 9.59 Å². The van der Waals surface area contributed by atoms with Crippen LogP contribution in [0.2, 0.25) is 0 Å². The van der Waals surface area contributed by atoms with Crippen LogP contribution >= 0.6 is 0 Å². The van der Waals surface area contributed by atoms with Crippen molar-refractivity contribution >= 4 is 10.1 Å². The molecule has 0 aliphatic carbocycles. The Labute approximate surface area is 96.4 Å². The summed E-state index contributed by atoms with van der Waals surface area (Å²) in [6, 6.07) is 0. The van der Waals surface area contributed by atoms with Crippen molar-refractivity contribution in [3.63, 3.8) is 0 Å². The van der Waals surface area contributed by atoms with E-state index >= 15 is 0 Å². The van der Waals surface area contributed by atoms with Gasteiger partial charge in [-0.25, -0.2) is 0 Å². The standard InChI is InChI=1S/C10H19NO4S/c12-10(8-16(13,14)15)7-11-4-1-9(2-5-11)3-6-11/h9-10,12H,1-8H2/p+1. The third-order valence-electron chi connectivity index (χ3n) is 4.04. The van der Waals surface area contributed by atoms with Gasteiger partial charge >= 0.3 is 0 Å². The zero-order valence-corrected chi connectivity index (χ0v) is 10.2. The Morgan fingerprint density at radius 1 is 1.19 bits per heavy atom. The summed E-state index contributed by atoms with van der Waals surface area (Å²) in [5.74, 6) is 0.315. The van der Waals surface area contributed by atoms with Crippen LogP contribution in [0.5, 0.6) is 0 Å². The van der Waals surface area contributed by atoms with Crippen molar-refractivity contribution < 1.29 is 22.6 Å². The molecule has 0 radical (unpaired) electrons. The molecule has 94 valence electrons. The lowest BCUT2D eigenvalue weighted by Gasteiger charge is -2.49. The van der Waals surface area contributed by atoms with Gasteiger partial charge in [-0.05, 0) is 25.2 Å². The van der Waals surface area contributed by atoms with Gasteiger partial charge in [0.2, 0.25) is 0 Å². The Hall–Kier alpha value is -0.170. The third kappa shape index (κ3) is 2.94. The van der Waals surface area contributed by atoms with E-state index in [1.165, 1.54) is 19.3 Å². The van der Waals surface area contributed by atoms with Crippen molar-refractivity contribution in [3.8, 4) is 0 Å². The Kier molecular flexibility index (Phi) is 3.27. The van der Waals surface area contributed by atoms with Gasteiger partial charge in [0.05, 0.1) is 19.6 Å². The molecule has 3 heterocycles. The number of nitrogens with zero attached hydrogens (tertiary/aromatic N) is 1. The minimum absolute atomic E-state index is 0.465. The molecular formula is C10H20NO4S+. The van der Waals surface area contributed by atoms with E-state index in [1.807, 2.05) is 0 Å². The number of quaternary nitrogens is 1. The highest BCUT2D eigenvalue weighted by atomic mass is 32.2. The molecule has 6 heteroatoms. The van der Waals surface area contributed by atoms with E-state index in [2.05, 4.69) is 0 Å². The topological polar surface area (TPSA) is 74.6 Å². The molecule has 2 bridgehead atoms. The normalized spacial score (nSPS) is 36.2. The highest BCUT2D eigenvalue weighted by molar-refractivity contribution is 7.85. The van der Waals surface area contributed by atoms with Crippen molar-refractivity contribution in [3.05, 3.63) is 0 Å². The molecule has 0 saturated carbocycles. The minimum atomic E-state index is -4.06. The molecule has 16 heavy (non-hydrogen) atoms. The average Bonchev–Trinajstić information content (AvgIpc) is 2.16. The molecule has 3 saturated heterocycles. The van der Waals surface area contributed by atoms with Crippen LogP contribution in [0.25, 0.3) is 0 Å². The molecule has 0 spiro atoms. The molecule has 3 aliphatic rings. The summed E-state index contributed by atoms with van der Waals surface area (Å²) in [5, 5.41) is 9.70. The molecule has 3 fully saturated rings. The van der Waals surface area contributed by atoms with Gasteiger partial charge in [0.25, 0.3) is 10.1 Å². The van der Waals surface area contributed by atoms with E-state index in [-0.39, 0.29) is 0 Å². The summed E-state index contributed by atoms with van der Waals surface area (Å²) in [4.78, 5) is 0. The summed E-state index contributed by atoms with van der Waals surface area (Å²) >= 11 is 0. The zero-order valence-electron chi connectivity index (χ0n) is 9.38. The quantitative estimate of drug-likeness (QED) is 0.538. The molecule has 1 atom stereocenters. The number of piperidine rings is 3. The maximum absolute atomic E-state index is 10.7. The predicted molar refractivity (Wildman–Crippen MR) is 59.5 cm³/mol. The van der Waals surface area contributed by atoms with Crippen molar-refractivity contribution in [1.29, 1.82) is 0 Å². The Morgan fingerprint density at radius 3 is 2.12 bits per heavy atom. The van der Waals surface area contributed by atoms with E-state index in [9.17, 15) is 13.5 Å². The van der Waals surface area contributed by atoms with Crippen LogP contribution in [0, 0.1) is 5.92 Å². The van der Waals surface area contributed by atoms with Crippen LogP contribution in [0.15, 0.2) is 0 Å². The molecule has 2 N–H and O–H groups in total. The maximum Gasteiger partial charge on any atom is 0.267 e. The number of aliphatic hydroxyl groups is 1. The number of fused-ring (bicyclic) bond motifs is 3. The van der Waals surface area contributed by atoms with Crippen LogP contribution in [-0.4, -0.2) is 60.6 Å². The summed E-state index contributed by atoms with van der Waals surface area (Å²) in [5.41, 5.74) is 0. The Balaban J connectivity index is 1.93. The lowest BCUT2D eigenvalue weighted by Crippen LogP contribution is -2.61. The Bertz CT molecular complexity index is 332. The Morgan fingerprint density at radius 2 is 1.69 bits per heavy atom. The van der Waals surface area contributed by atoms with Crippen molar-refractivity contribution in [2.24, 2.45) is 5.92 Å². The van der Waals surface area contributed by atoms with Gasteiger partial charge in [0.1, 0.15) is 18.4 Å². The lowest BCUT2D eigenvalue weighted by molar-refractivity contribution is -0.945. The zero-order chi connectivity index (χ0) is 11.8. The molecule has 0 aromatic rings. The molecule has 0 aromatic carbocycles. The van der Waals surface area contributed by atoms with Crippen LogP contribution in [0.3, 0.4) is 0 Å². The third-order valence-corrected chi connectivity index (χ3v) is 4.84. The van der Waals surface area contributed by atoms with Crippen LogP contribution in [0.4, 0.5) is 0 Å². The van der Waals surface area contributed by atoms with Gasteiger partial charge in [0.15, 0.2) is 0 Å². The molecule has 3 aliphatic heterocycles. The van der Waals surface area contributed by atoms with Gasteiger partial charge in [-0.2, -0.15) is 8.42 Å². The smallest absolute Gasteiger partial charge is 0.267 e. The first-order valence-electron chi connectivity index (χ1n) is 5.87. The molecule has 0 amide bonds.